The molecule has 0 N–H and O–H groups in total. The average molecular weight is 373 g/mol. The molecule has 2 aromatic carbocycles. The molecule has 5 heteroatoms. The van der Waals surface area contributed by atoms with Crippen LogP contribution in [-0.2, 0) is 0 Å². The summed E-state index contributed by atoms with van der Waals surface area (Å²) in [6, 6.07) is 12.0. The third kappa shape index (κ3) is 5.37. The van der Waals surface area contributed by atoms with Gasteiger partial charge in [-0.25, -0.2) is 0 Å². The van der Waals surface area contributed by atoms with Gasteiger partial charge in [0.2, 0.25) is 0 Å². The van der Waals surface area contributed by atoms with Gasteiger partial charge in [-0.15, -0.1) is 0 Å². The monoisotopic (exact) mass is 372 g/mol. The van der Waals surface area contributed by atoms with E-state index >= 15 is 0 Å². The van der Waals surface area contributed by atoms with E-state index in [1.807, 2.05) is 24.3 Å². The van der Waals surface area contributed by atoms with E-state index < -0.39 is 0 Å². The number of quaternary nitrogens is 2. The lowest BCUT2D eigenvalue weighted by atomic mass is 10.1. The summed E-state index contributed by atoms with van der Waals surface area (Å²) in [4.78, 5) is 0. The zero-order chi connectivity index (χ0) is 19.7. The van der Waals surface area contributed by atoms with Crippen LogP contribution in [0.4, 0.5) is 0 Å². The summed E-state index contributed by atoms with van der Waals surface area (Å²) < 4.78 is 19.6. The Balaban J connectivity index is 1.79. The number of hydrogen-bond acceptors (Lipinski definition) is 3. The van der Waals surface area contributed by atoms with Crippen molar-refractivity contribution in [3.63, 3.8) is 0 Å². The fourth-order valence-corrected chi connectivity index (χ4v) is 2.79. The highest BCUT2D eigenvalue weighted by atomic mass is 16.5. The molecule has 0 fully saturated rings. The maximum Gasteiger partial charge on any atom is 0.137 e. The Labute approximate surface area is 161 Å². The van der Waals surface area contributed by atoms with E-state index in [1.54, 1.807) is 0 Å². The SMILES string of the molecule is C[N+](C)(C)CCOc1ccc2oc3ccc(OCC[N+](C)(C)C)cc3c2c1. The molecular formula is C22H32N2O3+2. The first-order valence-electron chi connectivity index (χ1n) is 9.44. The van der Waals surface area contributed by atoms with Crippen molar-refractivity contribution in [2.45, 2.75) is 0 Å². The number of benzene rings is 2. The second-order valence-electron chi connectivity index (χ2n) is 9.14. The fraction of sp³-hybridized carbons (Fsp3) is 0.455. The van der Waals surface area contributed by atoms with E-state index in [1.165, 1.54) is 0 Å². The second kappa shape index (κ2) is 7.41. The molecule has 0 bridgehead atoms. The molecule has 146 valence electrons. The number of likely N-dealkylation sites (N-methyl/N-ethyl adjacent to an activating group) is 2. The van der Waals surface area contributed by atoms with Crippen LogP contribution in [0.25, 0.3) is 21.9 Å². The van der Waals surface area contributed by atoms with Crippen LogP contribution < -0.4 is 9.47 Å². The molecule has 0 unspecified atom stereocenters. The summed E-state index contributed by atoms with van der Waals surface area (Å²) >= 11 is 0. The highest BCUT2D eigenvalue weighted by Crippen LogP contribution is 2.33. The third-order valence-electron chi connectivity index (χ3n) is 4.47. The minimum Gasteiger partial charge on any atom is -0.488 e. The smallest absolute Gasteiger partial charge is 0.137 e. The molecule has 5 nitrogen and oxygen atoms in total. The van der Waals surface area contributed by atoms with Gasteiger partial charge in [0.1, 0.15) is 49.0 Å². The predicted octanol–water partition coefficient (Wildman–Crippen LogP) is 3.76. The third-order valence-corrected chi connectivity index (χ3v) is 4.47. The van der Waals surface area contributed by atoms with Crippen molar-refractivity contribution in [1.29, 1.82) is 0 Å². The first-order chi connectivity index (χ1) is 12.6. The summed E-state index contributed by atoms with van der Waals surface area (Å²) in [5.74, 6) is 1.74. The molecule has 0 amide bonds. The number of ether oxygens (including phenoxy) is 2. The molecule has 3 rings (SSSR count). The maximum absolute atomic E-state index is 5.96. The molecule has 1 heterocycles. The number of fused-ring (bicyclic) bond motifs is 3. The van der Waals surface area contributed by atoms with Gasteiger partial charge in [-0.3, -0.25) is 0 Å². The van der Waals surface area contributed by atoms with E-state index in [0.717, 1.165) is 55.5 Å². The fourth-order valence-electron chi connectivity index (χ4n) is 2.79. The van der Waals surface area contributed by atoms with Gasteiger partial charge in [0.25, 0.3) is 0 Å². The van der Waals surface area contributed by atoms with Crippen molar-refractivity contribution < 1.29 is 22.9 Å². The molecule has 0 saturated carbocycles. The van der Waals surface area contributed by atoms with Gasteiger partial charge in [-0.05, 0) is 36.4 Å². The molecule has 27 heavy (non-hydrogen) atoms. The molecule has 1 aromatic heterocycles. The van der Waals surface area contributed by atoms with Crippen LogP contribution in [0.1, 0.15) is 0 Å². The molecule has 0 spiro atoms. The average Bonchev–Trinajstić information content (AvgIpc) is 2.90. The Morgan fingerprint density at radius 2 is 1.07 bits per heavy atom. The van der Waals surface area contributed by atoms with Crippen LogP contribution in [-0.4, -0.2) is 77.6 Å². The Hall–Kier alpha value is -2.24. The van der Waals surface area contributed by atoms with Gasteiger partial charge in [0.15, 0.2) is 0 Å². The second-order valence-corrected chi connectivity index (χ2v) is 9.14. The highest BCUT2D eigenvalue weighted by molar-refractivity contribution is 6.05. The van der Waals surface area contributed by atoms with Crippen LogP contribution in [0.5, 0.6) is 11.5 Å². The molecule has 0 radical (unpaired) electrons. The first kappa shape index (κ1) is 19.5. The number of furan rings is 1. The maximum atomic E-state index is 5.96. The van der Waals surface area contributed by atoms with Crippen LogP contribution in [0.15, 0.2) is 40.8 Å². The van der Waals surface area contributed by atoms with Gasteiger partial charge in [0.05, 0.1) is 42.3 Å². The van der Waals surface area contributed by atoms with E-state index in [9.17, 15) is 0 Å². The lowest BCUT2D eigenvalue weighted by Crippen LogP contribution is -2.38. The topological polar surface area (TPSA) is 31.6 Å². The Morgan fingerprint density at radius 3 is 1.44 bits per heavy atom. The van der Waals surface area contributed by atoms with Crippen LogP contribution in [0.3, 0.4) is 0 Å². The molecule has 0 aliphatic rings. The summed E-state index contributed by atoms with van der Waals surface area (Å²) in [6.45, 7) is 3.28. The van der Waals surface area contributed by atoms with Crippen molar-refractivity contribution in [1.82, 2.24) is 0 Å². The summed E-state index contributed by atoms with van der Waals surface area (Å²) in [6.07, 6.45) is 0. The summed E-state index contributed by atoms with van der Waals surface area (Å²) in [5, 5.41) is 2.12. The lowest BCUT2D eigenvalue weighted by molar-refractivity contribution is -0.870. The normalized spacial score (nSPS) is 12.7. The zero-order valence-corrected chi connectivity index (χ0v) is 17.4. The van der Waals surface area contributed by atoms with Gasteiger partial charge in [-0.2, -0.15) is 0 Å². The van der Waals surface area contributed by atoms with Crippen molar-refractivity contribution in [2.24, 2.45) is 0 Å². The number of nitrogens with zero attached hydrogens (tertiary/aromatic N) is 2. The molecule has 0 atom stereocenters. The Kier molecular flexibility index (Phi) is 5.36. The zero-order valence-electron chi connectivity index (χ0n) is 17.4. The standard InChI is InChI=1S/C22H32N2O3/c1-23(2,3)11-13-25-17-7-9-21-19(15-17)20-16-18(8-10-22(20)27-21)26-14-12-24(4,5)6/h7-10,15-16H,11-14H2,1-6H3/q+2. The van der Waals surface area contributed by atoms with Gasteiger partial charge in [-0.1, -0.05) is 0 Å². The molecule has 0 aliphatic carbocycles. The summed E-state index contributed by atoms with van der Waals surface area (Å²) in [7, 11) is 13.0. The minimum atomic E-state index is 0.685. The van der Waals surface area contributed by atoms with Crippen LogP contribution in [0, 0.1) is 0 Å². The van der Waals surface area contributed by atoms with E-state index in [-0.39, 0.29) is 0 Å². The van der Waals surface area contributed by atoms with E-state index in [2.05, 4.69) is 54.4 Å². The number of rotatable bonds is 8. The van der Waals surface area contributed by atoms with E-state index in [4.69, 9.17) is 13.9 Å². The number of hydrogen-bond donors (Lipinski definition) is 0. The quantitative estimate of drug-likeness (QED) is 0.564. The molecule has 0 aliphatic heterocycles. The minimum absolute atomic E-state index is 0.685. The summed E-state index contributed by atoms with van der Waals surface area (Å²) in [5.41, 5.74) is 1.74. The van der Waals surface area contributed by atoms with Crippen molar-refractivity contribution in [3.8, 4) is 11.5 Å². The van der Waals surface area contributed by atoms with E-state index in [0.29, 0.717) is 13.2 Å². The first-order valence-corrected chi connectivity index (χ1v) is 9.44. The van der Waals surface area contributed by atoms with Crippen molar-refractivity contribution in [3.05, 3.63) is 36.4 Å². The van der Waals surface area contributed by atoms with Gasteiger partial charge in [0, 0.05) is 10.8 Å². The van der Waals surface area contributed by atoms with Gasteiger partial charge >= 0.3 is 0 Å². The van der Waals surface area contributed by atoms with Gasteiger partial charge < -0.3 is 22.9 Å². The van der Waals surface area contributed by atoms with Crippen molar-refractivity contribution in [2.75, 3.05) is 68.6 Å². The predicted molar refractivity (Wildman–Crippen MR) is 111 cm³/mol. The van der Waals surface area contributed by atoms with Crippen LogP contribution in [0.2, 0.25) is 0 Å². The van der Waals surface area contributed by atoms with Crippen LogP contribution >= 0.6 is 0 Å². The molecule has 0 saturated heterocycles. The molecule has 3 aromatic rings. The highest BCUT2D eigenvalue weighted by Gasteiger charge is 2.12. The lowest BCUT2D eigenvalue weighted by Gasteiger charge is -2.23. The molecular weight excluding hydrogens is 340 g/mol. The Bertz CT molecular complexity index is 843. The largest absolute Gasteiger partial charge is 0.488 e. The van der Waals surface area contributed by atoms with Crippen molar-refractivity contribution >= 4 is 21.9 Å². The Morgan fingerprint density at radius 1 is 0.667 bits per heavy atom.